The Hall–Kier alpha value is -5.12. The zero-order valence-electron chi connectivity index (χ0n) is 23.5. The van der Waals surface area contributed by atoms with Crippen LogP contribution in [-0.2, 0) is 16.0 Å². The van der Waals surface area contributed by atoms with Gasteiger partial charge in [0.05, 0.1) is 24.3 Å². The van der Waals surface area contributed by atoms with E-state index in [4.69, 9.17) is 4.74 Å². The van der Waals surface area contributed by atoms with E-state index in [0.29, 0.717) is 38.1 Å². The number of likely N-dealkylation sites (tertiary alicyclic amines) is 1. The number of urea groups is 1. The number of hydrogen-bond donors (Lipinski definition) is 2. The molecule has 1 aromatic heterocycles. The third-order valence-electron chi connectivity index (χ3n) is 8.97. The highest BCUT2D eigenvalue weighted by atomic mass is 16.5. The van der Waals surface area contributed by atoms with Crippen molar-refractivity contribution >= 4 is 40.4 Å². The van der Waals surface area contributed by atoms with E-state index in [2.05, 4.69) is 4.98 Å². The van der Waals surface area contributed by atoms with Gasteiger partial charge in [0, 0.05) is 36.1 Å². The van der Waals surface area contributed by atoms with Gasteiger partial charge < -0.3 is 19.7 Å². The number of methoxy groups -OCH3 is 1. The highest BCUT2D eigenvalue weighted by Gasteiger charge is 2.53. The van der Waals surface area contributed by atoms with Crippen LogP contribution in [0.25, 0.3) is 10.9 Å². The molecule has 3 aliphatic rings. The van der Waals surface area contributed by atoms with Gasteiger partial charge in [0.1, 0.15) is 17.8 Å². The molecule has 7 rings (SSSR count). The topological polar surface area (TPSA) is 123 Å². The summed E-state index contributed by atoms with van der Waals surface area (Å²) in [5.41, 5.74) is 4.03. The van der Waals surface area contributed by atoms with Crippen LogP contribution in [0, 0.1) is 5.92 Å². The molecule has 0 radical (unpaired) electrons. The molecule has 3 aliphatic heterocycles. The van der Waals surface area contributed by atoms with E-state index in [-0.39, 0.29) is 17.2 Å². The number of imide groups is 1. The Labute approximate surface area is 247 Å². The molecule has 4 amide bonds. The predicted molar refractivity (Wildman–Crippen MR) is 158 cm³/mol. The number of aromatic nitrogens is 1. The molecule has 0 saturated carbocycles. The smallest absolute Gasteiger partial charge is 0.332 e. The molecule has 4 heterocycles. The Morgan fingerprint density at radius 2 is 1.70 bits per heavy atom. The molecule has 4 aromatic rings. The number of carboxylic acids is 1. The summed E-state index contributed by atoms with van der Waals surface area (Å²) in [7, 11) is 1.58. The zero-order chi connectivity index (χ0) is 29.8. The fraction of sp³-hybridized carbons (Fsp3) is 0.273. The first-order chi connectivity index (χ1) is 20.9. The van der Waals surface area contributed by atoms with E-state index in [0.717, 1.165) is 32.6 Å². The van der Waals surface area contributed by atoms with Crippen molar-refractivity contribution in [3.05, 3.63) is 95.2 Å². The molecule has 0 spiro atoms. The molecule has 3 aromatic carbocycles. The lowest BCUT2D eigenvalue weighted by atomic mass is 9.89. The second-order valence-electron chi connectivity index (χ2n) is 11.2. The molecule has 0 unspecified atom stereocenters. The number of carbonyl (C=O) groups excluding carboxylic acids is 3. The van der Waals surface area contributed by atoms with Crippen LogP contribution < -0.4 is 9.64 Å². The summed E-state index contributed by atoms with van der Waals surface area (Å²) in [4.78, 5) is 61.6. The Kier molecular flexibility index (Phi) is 6.41. The standard InChI is InChI=1S/C33H30N4O6/c1-43-21-8-6-7-20(17-21)29-28-24(22-9-2-4-11-25(22)34-28)18-27-31(39)37(33(42)36(27)29)26-12-5-3-10-23(26)30(38)35-15-13-19(14-16-35)32(40)41/h2-12,17,19,27,29,34H,13-16,18H2,1H3,(H,40,41)/t27-,29+/m0/s1. The molecular formula is C33H30N4O6. The number of hydrogen-bond acceptors (Lipinski definition) is 5. The fourth-order valence-electron chi connectivity index (χ4n) is 6.80. The molecule has 2 N–H and O–H groups in total. The van der Waals surface area contributed by atoms with E-state index in [1.807, 2.05) is 48.5 Å². The van der Waals surface area contributed by atoms with Gasteiger partial charge in [-0.3, -0.25) is 19.3 Å². The molecule has 2 saturated heterocycles. The average Bonchev–Trinajstić information content (AvgIpc) is 3.53. The van der Waals surface area contributed by atoms with Crippen LogP contribution in [0.3, 0.4) is 0 Å². The summed E-state index contributed by atoms with van der Waals surface area (Å²) in [5, 5.41) is 10.4. The number of piperidine rings is 1. The van der Waals surface area contributed by atoms with E-state index in [1.54, 1.807) is 41.2 Å². The quantitative estimate of drug-likeness (QED) is 0.334. The van der Waals surface area contributed by atoms with E-state index in [9.17, 15) is 24.3 Å². The van der Waals surface area contributed by atoms with E-state index in [1.165, 1.54) is 0 Å². The number of amides is 4. The third-order valence-corrected chi connectivity index (χ3v) is 8.97. The largest absolute Gasteiger partial charge is 0.497 e. The minimum Gasteiger partial charge on any atom is -0.497 e. The Morgan fingerprint density at radius 3 is 2.47 bits per heavy atom. The maximum absolute atomic E-state index is 14.4. The van der Waals surface area contributed by atoms with Crippen molar-refractivity contribution in [3.63, 3.8) is 0 Å². The minimum atomic E-state index is -0.861. The maximum atomic E-state index is 14.4. The first-order valence-electron chi connectivity index (χ1n) is 14.4. The lowest BCUT2D eigenvalue weighted by Crippen LogP contribution is -2.44. The summed E-state index contributed by atoms with van der Waals surface area (Å²) in [6.07, 6.45) is 1.04. The Morgan fingerprint density at radius 1 is 0.953 bits per heavy atom. The number of carbonyl (C=O) groups is 4. The van der Waals surface area contributed by atoms with Crippen LogP contribution in [0.4, 0.5) is 10.5 Å². The van der Waals surface area contributed by atoms with Crippen LogP contribution in [0.5, 0.6) is 5.75 Å². The highest BCUT2D eigenvalue weighted by Crippen LogP contribution is 2.45. The third kappa shape index (κ3) is 4.24. The predicted octanol–water partition coefficient (Wildman–Crippen LogP) is 4.60. The van der Waals surface area contributed by atoms with Crippen molar-refractivity contribution in [2.24, 2.45) is 5.92 Å². The SMILES string of the molecule is COc1cccc([C@@H]2c3[nH]c4ccccc4c3C[C@H]3C(=O)N(c4ccccc4C(=O)N4CCC(C(=O)O)CC4)C(=O)N23)c1. The number of ether oxygens (including phenoxy) is 1. The number of H-pyrrole nitrogens is 1. The molecule has 2 atom stereocenters. The number of anilines is 1. The number of benzene rings is 3. The molecule has 0 bridgehead atoms. The van der Waals surface area contributed by atoms with Gasteiger partial charge in [0.25, 0.3) is 11.8 Å². The number of nitrogens with zero attached hydrogens (tertiary/aromatic N) is 3. The van der Waals surface area contributed by atoms with Gasteiger partial charge in [-0.1, -0.05) is 42.5 Å². The maximum Gasteiger partial charge on any atom is 0.332 e. The molecule has 2 fully saturated rings. The summed E-state index contributed by atoms with van der Waals surface area (Å²) >= 11 is 0. The van der Waals surface area contributed by atoms with E-state index < -0.39 is 35.9 Å². The molecule has 43 heavy (non-hydrogen) atoms. The monoisotopic (exact) mass is 578 g/mol. The van der Waals surface area contributed by atoms with Gasteiger partial charge in [-0.2, -0.15) is 0 Å². The van der Waals surface area contributed by atoms with Gasteiger partial charge in [0.2, 0.25) is 0 Å². The van der Waals surface area contributed by atoms with Crippen molar-refractivity contribution in [2.45, 2.75) is 31.3 Å². The van der Waals surface area contributed by atoms with Crippen LogP contribution >= 0.6 is 0 Å². The van der Waals surface area contributed by atoms with Gasteiger partial charge in [-0.25, -0.2) is 9.69 Å². The van der Waals surface area contributed by atoms with Crippen LogP contribution in [-0.4, -0.2) is 69.9 Å². The summed E-state index contributed by atoms with van der Waals surface area (Å²) in [5.74, 6) is -1.43. The lowest BCUT2D eigenvalue weighted by molar-refractivity contribution is -0.143. The summed E-state index contributed by atoms with van der Waals surface area (Å²) in [6, 6.07) is 20.2. The first kappa shape index (κ1) is 26.8. The number of aromatic amines is 1. The minimum absolute atomic E-state index is 0.232. The summed E-state index contributed by atoms with van der Waals surface area (Å²) in [6.45, 7) is 0.584. The second-order valence-corrected chi connectivity index (χ2v) is 11.2. The van der Waals surface area contributed by atoms with Crippen molar-refractivity contribution in [1.29, 1.82) is 0 Å². The van der Waals surface area contributed by atoms with Gasteiger partial charge >= 0.3 is 12.0 Å². The van der Waals surface area contributed by atoms with Crippen molar-refractivity contribution in [1.82, 2.24) is 14.8 Å². The van der Waals surface area contributed by atoms with Gasteiger partial charge in [-0.05, 0) is 54.3 Å². The molecule has 10 heteroatoms. The molecule has 218 valence electrons. The fourth-order valence-corrected chi connectivity index (χ4v) is 6.80. The van der Waals surface area contributed by atoms with E-state index >= 15 is 0 Å². The van der Waals surface area contributed by atoms with Gasteiger partial charge in [0.15, 0.2) is 0 Å². The number of rotatable bonds is 5. The van der Waals surface area contributed by atoms with Crippen molar-refractivity contribution in [2.75, 3.05) is 25.1 Å². The normalized spacial score (nSPS) is 20.3. The van der Waals surface area contributed by atoms with Crippen molar-refractivity contribution < 1.29 is 29.0 Å². The zero-order valence-corrected chi connectivity index (χ0v) is 23.5. The lowest BCUT2D eigenvalue weighted by Gasteiger charge is -2.36. The summed E-state index contributed by atoms with van der Waals surface area (Å²) < 4.78 is 5.50. The molecule has 10 nitrogen and oxygen atoms in total. The molecular weight excluding hydrogens is 548 g/mol. The number of aliphatic carboxylic acids is 1. The van der Waals surface area contributed by atoms with Crippen LogP contribution in [0.1, 0.15) is 46.1 Å². The Balaban J connectivity index is 1.29. The number of para-hydroxylation sites is 2. The second kappa shape index (κ2) is 10.3. The van der Waals surface area contributed by atoms with Gasteiger partial charge in [-0.15, -0.1) is 0 Å². The number of carboxylic acid groups (broad SMARTS) is 1. The number of fused-ring (bicyclic) bond motifs is 4. The van der Waals surface area contributed by atoms with Crippen LogP contribution in [0.15, 0.2) is 72.8 Å². The van der Waals surface area contributed by atoms with Crippen molar-refractivity contribution in [3.8, 4) is 5.75 Å². The highest BCUT2D eigenvalue weighted by molar-refractivity contribution is 6.24. The first-order valence-corrected chi connectivity index (χ1v) is 14.4. The Bertz CT molecular complexity index is 1790. The van der Waals surface area contributed by atoms with Crippen LogP contribution in [0.2, 0.25) is 0 Å². The number of nitrogens with one attached hydrogen (secondary N) is 1. The average molecular weight is 579 g/mol. The molecule has 0 aliphatic carbocycles.